The molecule has 0 amide bonds. The van der Waals surface area contributed by atoms with Gasteiger partial charge in [0.15, 0.2) is 11.5 Å². The third kappa shape index (κ3) is 6.24. The molecule has 142 valence electrons. The molecule has 0 aliphatic carbocycles. The molecular weight excluding hydrogens is 393 g/mol. The van der Waals surface area contributed by atoms with E-state index >= 15 is 0 Å². The largest absolute Gasteiger partial charge is 0.493 e. The van der Waals surface area contributed by atoms with Crippen LogP contribution in [0.5, 0.6) is 11.5 Å². The summed E-state index contributed by atoms with van der Waals surface area (Å²) < 4.78 is 11.3. The molecule has 0 spiro atoms. The normalized spacial score (nSPS) is 11.0. The lowest BCUT2D eigenvalue weighted by molar-refractivity contribution is 0.284. The zero-order valence-corrected chi connectivity index (χ0v) is 17.5. The molecule has 3 nitrogen and oxygen atoms in total. The van der Waals surface area contributed by atoms with Crippen molar-refractivity contribution in [2.24, 2.45) is 5.92 Å². The minimum atomic E-state index is 0.343. The van der Waals surface area contributed by atoms with Gasteiger partial charge in [-0.05, 0) is 48.2 Å². The molecule has 2 aromatic rings. The van der Waals surface area contributed by atoms with Gasteiger partial charge in [-0.1, -0.05) is 54.7 Å². The van der Waals surface area contributed by atoms with Crippen LogP contribution in [-0.2, 0) is 13.2 Å². The second-order valence-electron chi connectivity index (χ2n) is 6.49. The lowest BCUT2D eigenvalue weighted by atomic mass is 10.1. The molecule has 2 rings (SSSR count). The molecule has 0 radical (unpaired) electrons. The van der Waals surface area contributed by atoms with Crippen molar-refractivity contribution in [1.82, 2.24) is 5.32 Å². The average molecular weight is 417 g/mol. The number of halogens is 3. The van der Waals surface area contributed by atoms with Crippen molar-refractivity contribution in [2.45, 2.75) is 33.4 Å². The highest BCUT2D eigenvalue weighted by atomic mass is 35.5. The molecule has 1 N–H and O–H groups in total. The molecule has 0 saturated heterocycles. The van der Waals surface area contributed by atoms with Gasteiger partial charge in [0.05, 0.1) is 17.2 Å². The Labute approximate surface area is 170 Å². The zero-order chi connectivity index (χ0) is 19.1. The van der Waals surface area contributed by atoms with E-state index < -0.39 is 0 Å². The third-order valence-electron chi connectivity index (χ3n) is 3.92. The van der Waals surface area contributed by atoms with E-state index in [2.05, 4.69) is 19.2 Å². The van der Waals surface area contributed by atoms with Crippen LogP contribution in [0.4, 0.5) is 0 Å². The minimum absolute atomic E-state index is 0.343. The summed E-state index contributed by atoms with van der Waals surface area (Å²) in [6.45, 7) is 6.39. The van der Waals surface area contributed by atoms with E-state index in [1.165, 1.54) is 0 Å². The van der Waals surface area contributed by atoms with Crippen LogP contribution < -0.4 is 14.8 Å². The Kier molecular flexibility index (Phi) is 8.36. The van der Waals surface area contributed by atoms with Gasteiger partial charge >= 0.3 is 0 Å². The highest BCUT2D eigenvalue weighted by Gasteiger charge is 2.11. The first-order valence-corrected chi connectivity index (χ1v) is 9.68. The predicted molar refractivity (Wildman–Crippen MR) is 110 cm³/mol. The summed E-state index contributed by atoms with van der Waals surface area (Å²) in [7, 11) is 1.62. The Morgan fingerprint density at radius 1 is 0.962 bits per heavy atom. The maximum absolute atomic E-state index is 6.41. The smallest absolute Gasteiger partial charge is 0.163 e. The van der Waals surface area contributed by atoms with Gasteiger partial charge in [0, 0.05) is 17.6 Å². The fourth-order valence-corrected chi connectivity index (χ4v) is 2.93. The summed E-state index contributed by atoms with van der Waals surface area (Å²) in [4.78, 5) is 0. The zero-order valence-electron chi connectivity index (χ0n) is 15.2. The standard InChI is InChI=1S/C20H24Cl3NO2/c1-13(2)6-7-24-11-15-9-19(25-3)20(10-17(15)22)26-12-14-4-5-16(21)18(23)8-14/h4-5,8-10,13,24H,6-7,11-12H2,1-3H3. The lowest BCUT2D eigenvalue weighted by Crippen LogP contribution is -2.16. The van der Waals surface area contributed by atoms with E-state index in [0.717, 1.165) is 24.1 Å². The monoisotopic (exact) mass is 415 g/mol. The van der Waals surface area contributed by atoms with E-state index in [-0.39, 0.29) is 0 Å². The van der Waals surface area contributed by atoms with E-state index in [1.54, 1.807) is 25.3 Å². The second kappa shape index (κ2) is 10.3. The Morgan fingerprint density at radius 2 is 1.73 bits per heavy atom. The average Bonchev–Trinajstić information content (AvgIpc) is 2.60. The summed E-state index contributed by atoms with van der Waals surface area (Å²) in [5.74, 6) is 1.91. The first kappa shape index (κ1) is 21.2. The van der Waals surface area contributed by atoms with Gasteiger partial charge in [-0.2, -0.15) is 0 Å². The maximum Gasteiger partial charge on any atom is 0.163 e. The second-order valence-corrected chi connectivity index (χ2v) is 7.71. The number of benzene rings is 2. The Bertz CT molecular complexity index is 735. The van der Waals surface area contributed by atoms with Gasteiger partial charge in [-0.15, -0.1) is 0 Å². The van der Waals surface area contributed by atoms with Crippen molar-refractivity contribution >= 4 is 34.8 Å². The summed E-state index contributed by atoms with van der Waals surface area (Å²) in [6.07, 6.45) is 1.12. The van der Waals surface area contributed by atoms with Gasteiger partial charge in [0.25, 0.3) is 0 Å². The molecule has 26 heavy (non-hydrogen) atoms. The number of rotatable bonds is 9. The topological polar surface area (TPSA) is 30.5 Å². The fourth-order valence-electron chi connectivity index (χ4n) is 2.39. The Hall–Kier alpha value is -1.13. The number of methoxy groups -OCH3 is 1. The van der Waals surface area contributed by atoms with Crippen LogP contribution in [0.2, 0.25) is 15.1 Å². The van der Waals surface area contributed by atoms with Crippen LogP contribution in [-0.4, -0.2) is 13.7 Å². The van der Waals surface area contributed by atoms with Crippen molar-refractivity contribution in [2.75, 3.05) is 13.7 Å². The highest BCUT2D eigenvalue weighted by Crippen LogP contribution is 2.34. The molecule has 0 aliphatic heterocycles. The Balaban J connectivity index is 2.04. The summed E-state index contributed by atoms with van der Waals surface area (Å²) in [5.41, 5.74) is 1.89. The molecular formula is C20H24Cl3NO2. The van der Waals surface area contributed by atoms with Crippen molar-refractivity contribution in [1.29, 1.82) is 0 Å². The van der Waals surface area contributed by atoms with E-state index in [9.17, 15) is 0 Å². The molecule has 2 aromatic carbocycles. The Morgan fingerprint density at radius 3 is 2.38 bits per heavy atom. The molecule has 0 aliphatic rings. The predicted octanol–water partition coefficient (Wildman–Crippen LogP) is 6.37. The molecule has 0 aromatic heterocycles. The van der Waals surface area contributed by atoms with Crippen molar-refractivity contribution in [3.63, 3.8) is 0 Å². The van der Waals surface area contributed by atoms with Gasteiger partial charge in [0.1, 0.15) is 6.61 Å². The first-order valence-electron chi connectivity index (χ1n) is 8.54. The van der Waals surface area contributed by atoms with Gasteiger partial charge < -0.3 is 14.8 Å². The molecule has 0 atom stereocenters. The summed E-state index contributed by atoms with van der Waals surface area (Å²) in [6, 6.07) is 9.10. The van der Waals surface area contributed by atoms with Crippen LogP contribution in [0.1, 0.15) is 31.4 Å². The van der Waals surface area contributed by atoms with Crippen molar-refractivity contribution in [3.05, 3.63) is 56.5 Å². The van der Waals surface area contributed by atoms with Crippen LogP contribution >= 0.6 is 34.8 Å². The van der Waals surface area contributed by atoms with Crippen LogP contribution in [0.25, 0.3) is 0 Å². The molecule has 6 heteroatoms. The van der Waals surface area contributed by atoms with Gasteiger partial charge in [-0.3, -0.25) is 0 Å². The number of hydrogen-bond donors (Lipinski definition) is 1. The molecule has 0 heterocycles. The number of ether oxygens (including phenoxy) is 2. The van der Waals surface area contributed by atoms with Crippen molar-refractivity contribution < 1.29 is 9.47 Å². The molecule has 0 fully saturated rings. The molecule has 0 bridgehead atoms. The summed E-state index contributed by atoms with van der Waals surface area (Å²) in [5, 5.41) is 5.07. The van der Waals surface area contributed by atoms with E-state index in [1.807, 2.05) is 12.1 Å². The lowest BCUT2D eigenvalue weighted by Gasteiger charge is -2.15. The van der Waals surface area contributed by atoms with Crippen LogP contribution in [0, 0.1) is 5.92 Å². The van der Waals surface area contributed by atoms with Crippen LogP contribution in [0.15, 0.2) is 30.3 Å². The van der Waals surface area contributed by atoms with Crippen LogP contribution in [0.3, 0.4) is 0 Å². The maximum atomic E-state index is 6.41. The van der Waals surface area contributed by atoms with E-state index in [0.29, 0.717) is 45.6 Å². The number of hydrogen-bond acceptors (Lipinski definition) is 3. The highest BCUT2D eigenvalue weighted by molar-refractivity contribution is 6.42. The summed E-state index contributed by atoms with van der Waals surface area (Å²) >= 11 is 18.4. The molecule has 0 saturated carbocycles. The first-order chi connectivity index (χ1) is 12.4. The quantitative estimate of drug-likeness (QED) is 0.482. The van der Waals surface area contributed by atoms with Crippen molar-refractivity contribution in [3.8, 4) is 11.5 Å². The van der Waals surface area contributed by atoms with Gasteiger partial charge in [-0.25, -0.2) is 0 Å². The number of nitrogens with one attached hydrogen (secondary N) is 1. The SMILES string of the molecule is COc1cc(CNCCC(C)C)c(Cl)cc1OCc1ccc(Cl)c(Cl)c1. The van der Waals surface area contributed by atoms with Gasteiger partial charge in [0.2, 0.25) is 0 Å². The fraction of sp³-hybridized carbons (Fsp3) is 0.400. The third-order valence-corrected chi connectivity index (χ3v) is 5.02. The molecule has 0 unspecified atom stereocenters. The van der Waals surface area contributed by atoms with E-state index in [4.69, 9.17) is 44.3 Å². The minimum Gasteiger partial charge on any atom is -0.493 e.